The molecule has 0 bridgehead atoms. The van der Waals surface area contributed by atoms with Crippen LogP contribution in [0.15, 0.2) is 24.3 Å². The van der Waals surface area contributed by atoms with Gasteiger partial charge in [0.15, 0.2) is 0 Å². The monoisotopic (exact) mass is 257 g/mol. The number of hydrogen-bond acceptors (Lipinski definition) is 2. The standard InChI is InChI=1S/C15H19N3O/c16-10-4-5-13-6-8-14(9-7-13)17-15(19)18-11-2-1-3-12-18/h6-9H,1-3,10-12,16H2,(H,17,19). The molecule has 2 rings (SSSR count). The number of likely N-dealkylation sites (tertiary alicyclic amines) is 1. The maximum atomic E-state index is 12.0. The summed E-state index contributed by atoms with van der Waals surface area (Å²) < 4.78 is 0. The van der Waals surface area contributed by atoms with Gasteiger partial charge in [-0.3, -0.25) is 0 Å². The fraction of sp³-hybridized carbons (Fsp3) is 0.400. The largest absolute Gasteiger partial charge is 0.325 e. The van der Waals surface area contributed by atoms with E-state index >= 15 is 0 Å². The molecule has 0 radical (unpaired) electrons. The second-order valence-corrected chi connectivity index (χ2v) is 4.56. The van der Waals surface area contributed by atoms with Crippen LogP contribution >= 0.6 is 0 Å². The topological polar surface area (TPSA) is 58.4 Å². The van der Waals surface area contributed by atoms with Crippen molar-refractivity contribution in [1.82, 2.24) is 4.90 Å². The Labute approximate surface area is 114 Å². The van der Waals surface area contributed by atoms with Crippen LogP contribution in [-0.2, 0) is 0 Å². The Kier molecular flexibility index (Phi) is 4.82. The maximum Gasteiger partial charge on any atom is 0.321 e. The normalized spacial score (nSPS) is 14.5. The molecule has 100 valence electrons. The van der Waals surface area contributed by atoms with Crippen LogP contribution in [0, 0.1) is 11.8 Å². The number of nitrogens with one attached hydrogen (secondary N) is 1. The first kappa shape index (κ1) is 13.4. The van der Waals surface area contributed by atoms with Crippen molar-refractivity contribution in [1.29, 1.82) is 0 Å². The van der Waals surface area contributed by atoms with Gasteiger partial charge in [0, 0.05) is 24.3 Å². The van der Waals surface area contributed by atoms with Gasteiger partial charge in [-0.2, -0.15) is 0 Å². The van der Waals surface area contributed by atoms with E-state index in [0.29, 0.717) is 6.54 Å². The highest BCUT2D eigenvalue weighted by atomic mass is 16.2. The van der Waals surface area contributed by atoms with Gasteiger partial charge in [0.05, 0.1) is 6.54 Å². The first-order valence-corrected chi connectivity index (χ1v) is 6.64. The summed E-state index contributed by atoms with van der Waals surface area (Å²) in [5.74, 6) is 5.75. The Balaban J connectivity index is 1.93. The van der Waals surface area contributed by atoms with E-state index in [1.807, 2.05) is 29.2 Å². The van der Waals surface area contributed by atoms with E-state index in [4.69, 9.17) is 5.73 Å². The molecule has 0 unspecified atom stereocenters. The number of amides is 2. The highest BCUT2D eigenvalue weighted by Gasteiger charge is 2.15. The third-order valence-electron chi connectivity index (χ3n) is 3.11. The fourth-order valence-corrected chi connectivity index (χ4v) is 2.09. The molecule has 0 aromatic heterocycles. The molecule has 1 aromatic rings. The van der Waals surface area contributed by atoms with Crippen LogP contribution in [0.5, 0.6) is 0 Å². The van der Waals surface area contributed by atoms with Crippen molar-refractivity contribution < 1.29 is 4.79 Å². The third-order valence-corrected chi connectivity index (χ3v) is 3.11. The summed E-state index contributed by atoms with van der Waals surface area (Å²) in [4.78, 5) is 13.9. The smallest absolute Gasteiger partial charge is 0.321 e. The lowest BCUT2D eigenvalue weighted by molar-refractivity contribution is 0.200. The van der Waals surface area contributed by atoms with Gasteiger partial charge < -0.3 is 16.0 Å². The van der Waals surface area contributed by atoms with Gasteiger partial charge in [0.2, 0.25) is 0 Å². The van der Waals surface area contributed by atoms with Crippen LogP contribution in [0.4, 0.5) is 10.5 Å². The fourth-order valence-electron chi connectivity index (χ4n) is 2.09. The molecule has 4 heteroatoms. The van der Waals surface area contributed by atoms with Crippen molar-refractivity contribution in [2.24, 2.45) is 5.73 Å². The lowest BCUT2D eigenvalue weighted by Gasteiger charge is -2.26. The quantitative estimate of drug-likeness (QED) is 0.756. The van der Waals surface area contributed by atoms with Crippen molar-refractivity contribution in [3.63, 3.8) is 0 Å². The summed E-state index contributed by atoms with van der Waals surface area (Å²) >= 11 is 0. The van der Waals surface area contributed by atoms with Crippen LogP contribution in [-0.4, -0.2) is 30.6 Å². The molecule has 1 aromatic carbocycles. The van der Waals surface area contributed by atoms with Gasteiger partial charge in [0.25, 0.3) is 0 Å². The summed E-state index contributed by atoms with van der Waals surface area (Å²) in [5.41, 5.74) is 7.02. The zero-order valence-corrected chi connectivity index (χ0v) is 11.0. The van der Waals surface area contributed by atoms with Crippen LogP contribution in [0.3, 0.4) is 0 Å². The van der Waals surface area contributed by atoms with Crippen molar-refractivity contribution in [3.05, 3.63) is 29.8 Å². The van der Waals surface area contributed by atoms with Gasteiger partial charge in [0.1, 0.15) is 0 Å². The second kappa shape index (κ2) is 6.81. The molecular weight excluding hydrogens is 238 g/mol. The Bertz CT molecular complexity index is 478. The molecule has 4 nitrogen and oxygen atoms in total. The number of hydrogen-bond donors (Lipinski definition) is 2. The lowest BCUT2D eigenvalue weighted by Crippen LogP contribution is -2.38. The minimum Gasteiger partial charge on any atom is -0.325 e. The van der Waals surface area contributed by atoms with Crippen molar-refractivity contribution in [2.75, 3.05) is 25.0 Å². The second-order valence-electron chi connectivity index (χ2n) is 4.56. The SMILES string of the molecule is NCC#Cc1ccc(NC(=O)N2CCCCC2)cc1. The van der Waals surface area contributed by atoms with Crippen molar-refractivity contribution >= 4 is 11.7 Å². The zero-order valence-electron chi connectivity index (χ0n) is 11.0. The maximum absolute atomic E-state index is 12.0. The highest BCUT2D eigenvalue weighted by Crippen LogP contribution is 2.13. The Morgan fingerprint density at radius 2 is 1.89 bits per heavy atom. The molecule has 1 aliphatic rings. The highest BCUT2D eigenvalue weighted by molar-refractivity contribution is 5.89. The molecule has 1 saturated heterocycles. The Hall–Kier alpha value is -1.99. The molecule has 3 N–H and O–H groups in total. The average Bonchev–Trinajstić information content (AvgIpc) is 2.47. The molecule has 1 fully saturated rings. The summed E-state index contributed by atoms with van der Waals surface area (Å²) in [6.07, 6.45) is 3.42. The van der Waals surface area contributed by atoms with Crippen LogP contribution in [0.1, 0.15) is 24.8 Å². The van der Waals surface area contributed by atoms with E-state index in [2.05, 4.69) is 17.2 Å². The number of rotatable bonds is 1. The predicted molar refractivity (Wildman–Crippen MR) is 76.8 cm³/mol. The van der Waals surface area contributed by atoms with E-state index in [-0.39, 0.29) is 6.03 Å². The average molecular weight is 257 g/mol. The predicted octanol–water partition coefficient (Wildman–Crippen LogP) is 2.01. The zero-order chi connectivity index (χ0) is 13.5. The number of carbonyl (C=O) groups is 1. The van der Waals surface area contributed by atoms with Crippen LogP contribution < -0.4 is 11.1 Å². The van der Waals surface area contributed by atoms with Gasteiger partial charge >= 0.3 is 6.03 Å². The van der Waals surface area contributed by atoms with Gasteiger partial charge in [-0.1, -0.05) is 11.8 Å². The number of benzene rings is 1. The number of carbonyl (C=O) groups excluding carboxylic acids is 1. The number of piperidine rings is 1. The summed E-state index contributed by atoms with van der Waals surface area (Å²) in [6.45, 7) is 2.06. The molecule has 0 atom stereocenters. The van der Waals surface area contributed by atoms with E-state index < -0.39 is 0 Å². The van der Waals surface area contributed by atoms with Crippen molar-refractivity contribution in [2.45, 2.75) is 19.3 Å². The first-order chi connectivity index (χ1) is 9.29. The van der Waals surface area contributed by atoms with Gasteiger partial charge in [-0.05, 0) is 43.5 Å². The minimum atomic E-state index is -0.0134. The van der Waals surface area contributed by atoms with Crippen molar-refractivity contribution in [3.8, 4) is 11.8 Å². The first-order valence-electron chi connectivity index (χ1n) is 6.64. The van der Waals surface area contributed by atoms with E-state index in [9.17, 15) is 4.79 Å². The van der Waals surface area contributed by atoms with Gasteiger partial charge in [-0.25, -0.2) is 4.79 Å². The molecule has 19 heavy (non-hydrogen) atoms. The third kappa shape index (κ3) is 4.01. The number of nitrogens with two attached hydrogens (primary N) is 1. The summed E-state index contributed by atoms with van der Waals surface area (Å²) in [7, 11) is 0. The van der Waals surface area contributed by atoms with Crippen LogP contribution in [0.25, 0.3) is 0 Å². The lowest BCUT2D eigenvalue weighted by atomic mass is 10.1. The van der Waals surface area contributed by atoms with E-state index in [0.717, 1.165) is 37.2 Å². The van der Waals surface area contributed by atoms with E-state index in [1.54, 1.807) is 0 Å². The van der Waals surface area contributed by atoms with E-state index in [1.165, 1.54) is 6.42 Å². The Morgan fingerprint density at radius 3 is 2.53 bits per heavy atom. The van der Waals surface area contributed by atoms with Gasteiger partial charge in [-0.15, -0.1) is 0 Å². The molecule has 1 aliphatic heterocycles. The number of urea groups is 1. The summed E-state index contributed by atoms with van der Waals surface area (Å²) in [6, 6.07) is 7.48. The molecule has 2 amide bonds. The molecular formula is C15H19N3O. The minimum absolute atomic E-state index is 0.0134. The Morgan fingerprint density at radius 1 is 1.21 bits per heavy atom. The summed E-state index contributed by atoms with van der Waals surface area (Å²) in [5, 5.41) is 2.91. The number of nitrogens with zero attached hydrogens (tertiary/aromatic N) is 1. The number of anilines is 1. The molecule has 0 aliphatic carbocycles. The molecule has 1 heterocycles. The van der Waals surface area contributed by atoms with Crippen LogP contribution in [0.2, 0.25) is 0 Å². The molecule has 0 spiro atoms. The molecule has 0 saturated carbocycles.